The molecular weight excluding hydrogens is 230 g/mol. The van der Waals surface area contributed by atoms with E-state index in [0.29, 0.717) is 0 Å². The second kappa shape index (κ2) is 7.75. The first-order chi connectivity index (χ1) is 9.38. The monoisotopic (exact) mass is 253 g/mol. The smallest absolute Gasteiger partial charge is 0.0205 e. The molecule has 1 N–H and O–H groups in total. The molecule has 0 spiro atoms. The Morgan fingerprint density at radius 3 is 2.00 bits per heavy atom. The van der Waals surface area contributed by atoms with E-state index < -0.39 is 0 Å². The number of rotatable bonds is 7. The van der Waals surface area contributed by atoms with E-state index in [-0.39, 0.29) is 0 Å². The van der Waals surface area contributed by atoms with Gasteiger partial charge in [-0.05, 0) is 36.1 Å². The predicted molar refractivity (Wildman–Crippen MR) is 82.3 cm³/mol. The third kappa shape index (κ3) is 4.88. The van der Waals surface area contributed by atoms with Gasteiger partial charge in [-0.25, -0.2) is 0 Å². The Hall–Kier alpha value is -1.60. The van der Waals surface area contributed by atoms with Crippen LogP contribution in [-0.2, 0) is 19.4 Å². The van der Waals surface area contributed by atoms with Crippen LogP contribution in [0.3, 0.4) is 0 Å². The molecule has 0 saturated heterocycles. The molecule has 0 bridgehead atoms. The first-order valence-electron chi connectivity index (χ1n) is 7.21. The number of hydrogen-bond acceptors (Lipinski definition) is 1. The largest absolute Gasteiger partial charge is 0.312 e. The molecule has 0 heterocycles. The maximum Gasteiger partial charge on any atom is 0.0205 e. The summed E-state index contributed by atoms with van der Waals surface area (Å²) in [7, 11) is 0. The molecule has 2 aromatic rings. The summed E-state index contributed by atoms with van der Waals surface area (Å²) in [5.74, 6) is 0. The fraction of sp³-hybridized carbons (Fsp3) is 0.333. The molecule has 1 nitrogen and oxygen atoms in total. The van der Waals surface area contributed by atoms with Crippen LogP contribution in [0.4, 0.5) is 0 Å². The van der Waals surface area contributed by atoms with Crippen molar-refractivity contribution in [1.82, 2.24) is 5.32 Å². The van der Waals surface area contributed by atoms with Crippen LogP contribution in [0.2, 0.25) is 0 Å². The first kappa shape index (κ1) is 13.8. The number of nitrogens with one attached hydrogen (secondary N) is 1. The van der Waals surface area contributed by atoms with Gasteiger partial charge in [0.2, 0.25) is 0 Å². The van der Waals surface area contributed by atoms with Crippen molar-refractivity contribution >= 4 is 0 Å². The van der Waals surface area contributed by atoms with Crippen LogP contribution in [0.1, 0.15) is 30.0 Å². The molecule has 0 aromatic heterocycles. The average Bonchev–Trinajstić information content (AvgIpc) is 2.47. The topological polar surface area (TPSA) is 12.0 Å². The van der Waals surface area contributed by atoms with Crippen molar-refractivity contribution in [1.29, 1.82) is 0 Å². The minimum absolute atomic E-state index is 0.953. The predicted octanol–water partition coefficient (Wildman–Crippen LogP) is 3.97. The fourth-order valence-corrected chi connectivity index (χ4v) is 2.22. The number of hydrogen-bond donors (Lipinski definition) is 1. The quantitative estimate of drug-likeness (QED) is 0.736. The van der Waals surface area contributed by atoms with Gasteiger partial charge in [0, 0.05) is 6.54 Å². The van der Waals surface area contributed by atoms with Crippen molar-refractivity contribution in [2.75, 3.05) is 6.54 Å². The van der Waals surface area contributed by atoms with Gasteiger partial charge in [-0.15, -0.1) is 0 Å². The summed E-state index contributed by atoms with van der Waals surface area (Å²) in [6, 6.07) is 19.6. The second-order valence-electron chi connectivity index (χ2n) is 4.98. The highest BCUT2D eigenvalue weighted by Gasteiger charge is 1.95. The molecule has 0 aliphatic rings. The summed E-state index contributed by atoms with van der Waals surface area (Å²) < 4.78 is 0. The third-order valence-electron chi connectivity index (χ3n) is 3.32. The third-order valence-corrected chi connectivity index (χ3v) is 3.32. The molecule has 0 unspecified atom stereocenters. The Kier molecular flexibility index (Phi) is 5.64. The summed E-state index contributed by atoms with van der Waals surface area (Å²) in [5, 5.41) is 3.49. The minimum Gasteiger partial charge on any atom is -0.312 e. The maximum absolute atomic E-state index is 3.49. The molecule has 2 rings (SSSR count). The van der Waals surface area contributed by atoms with Crippen LogP contribution in [0.5, 0.6) is 0 Å². The van der Waals surface area contributed by atoms with E-state index in [1.54, 1.807) is 0 Å². The lowest BCUT2D eigenvalue weighted by atomic mass is 10.1. The van der Waals surface area contributed by atoms with Crippen molar-refractivity contribution in [3.8, 4) is 0 Å². The highest BCUT2D eigenvalue weighted by atomic mass is 14.8. The molecule has 0 aliphatic carbocycles. The summed E-state index contributed by atoms with van der Waals surface area (Å²) in [6.07, 6.45) is 3.50. The van der Waals surface area contributed by atoms with Crippen LogP contribution in [-0.4, -0.2) is 6.54 Å². The molecule has 2 aromatic carbocycles. The van der Waals surface area contributed by atoms with Gasteiger partial charge in [0.15, 0.2) is 0 Å². The van der Waals surface area contributed by atoms with Gasteiger partial charge in [-0.2, -0.15) is 0 Å². The Morgan fingerprint density at radius 1 is 0.737 bits per heavy atom. The van der Waals surface area contributed by atoms with Gasteiger partial charge in [-0.1, -0.05) is 67.9 Å². The fourth-order valence-electron chi connectivity index (χ4n) is 2.22. The van der Waals surface area contributed by atoms with E-state index in [2.05, 4.69) is 66.8 Å². The SMILES string of the molecule is CCCc1ccc(CCNCc2ccccc2)cc1. The first-order valence-corrected chi connectivity index (χ1v) is 7.21. The van der Waals surface area contributed by atoms with Crippen molar-refractivity contribution in [3.63, 3.8) is 0 Å². The summed E-state index contributed by atoms with van der Waals surface area (Å²) in [5.41, 5.74) is 4.21. The molecule has 0 saturated carbocycles. The van der Waals surface area contributed by atoms with Crippen LogP contribution in [0.15, 0.2) is 54.6 Å². The van der Waals surface area contributed by atoms with Gasteiger partial charge in [0.1, 0.15) is 0 Å². The number of aryl methyl sites for hydroxylation is 1. The van der Waals surface area contributed by atoms with Crippen molar-refractivity contribution < 1.29 is 0 Å². The highest BCUT2D eigenvalue weighted by molar-refractivity contribution is 5.23. The Balaban J connectivity index is 1.70. The molecule has 0 fully saturated rings. The lowest BCUT2D eigenvalue weighted by Crippen LogP contribution is -2.16. The molecule has 0 aliphatic heterocycles. The van der Waals surface area contributed by atoms with Crippen LogP contribution < -0.4 is 5.32 Å². The summed E-state index contributed by atoms with van der Waals surface area (Å²) >= 11 is 0. The lowest BCUT2D eigenvalue weighted by molar-refractivity contribution is 0.687. The van der Waals surface area contributed by atoms with Crippen molar-refractivity contribution in [3.05, 3.63) is 71.3 Å². The number of benzene rings is 2. The van der Waals surface area contributed by atoms with Gasteiger partial charge >= 0.3 is 0 Å². The van der Waals surface area contributed by atoms with E-state index in [4.69, 9.17) is 0 Å². The average molecular weight is 253 g/mol. The molecule has 1 heteroatoms. The zero-order valence-corrected chi connectivity index (χ0v) is 11.7. The zero-order valence-electron chi connectivity index (χ0n) is 11.7. The normalized spacial score (nSPS) is 10.6. The van der Waals surface area contributed by atoms with Gasteiger partial charge in [-0.3, -0.25) is 0 Å². The highest BCUT2D eigenvalue weighted by Crippen LogP contribution is 2.07. The van der Waals surface area contributed by atoms with E-state index in [9.17, 15) is 0 Å². The van der Waals surface area contributed by atoms with E-state index in [0.717, 1.165) is 19.5 Å². The lowest BCUT2D eigenvalue weighted by Gasteiger charge is -2.06. The zero-order chi connectivity index (χ0) is 13.3. The van der Waals surface area contributed by atoms with Gasteiger partial charge in [0.25, 0.3) is 0 Å². The molecule has 19 heavy (non-hydrogen) atoms. The Morgan fingerprint density at radius 2 is 1.37 bits per heavy atom. The molecule has 0 amide bonds. The van der Waals surface area contributed by atoms with E-state index in [1.807, 2.05) is 0 Å². The van der Waals surface area contributed by atoms with Crippen LogP contribution >= 0.6 is 0 Å². The molecule has 100 valence electrons. The van der Waals surface area contributed by atoms with E-state index >= 15 is 0 Å². The molecular formula is C18H23N. The van der Waals surface area contributed by atoms with Crippen LogP contribution in [0, 0.1) is 0 Å². The van der Waals surface area contributed by atoms with Gasteiger partial charge in [0.05, 0.1) is 0 Å². The Bertz CT molecular complexity index is 459. The van der Waals surface area contributed by atoms with Crippen molar-refractivity contribution in [2.45, 2.75) is 32.7 Å². The maximum atomic E-state index is 3.49. The summed E-state index contributed by atoms with van der Waals surface area (Å²) in [6.45, 7) is 4.21. The van der Waals surface area contributed by atoms with Crippen LogP contribution in [0.25, 0.3) is 0 Å². The van der Waals surface area contributed by atoms with Gasteiger partial charge < -0.3 is 5.32 Å². The Labute approximate surface area is 116 Å². The molecule has 0 atom stereocenters. The minimum atomic E-state index is 0.953. The standard InChI is InChI=1S/C18H23N/c1-2-6-16-9-11-17(12-10-16)13-14-19-15-18-7-4-3-5-8-18/h3-5,7-12,19H,2,6,13-15H2,1H3. The molecule has 0 radical (unpaired) electrons. The van der Waals surface area contributed by atoms with E-state index in [1.165, 1.54) is 29.5 Å². The summed E-state index contributed by atoms with van der Waals surface area (Å²) in [4.78, 5) is 0. The van der Waals surface area contributed by atoms with Crippen molar-refractivity contribution in [2.24, 2.45) is 0 Å². The second-order valence-corrected chi connectivity index (χ2v) is 4.98.